The maximum atomic E-state index is 13.4. The summed E-state index contributed by atoms with van der Waals surface area (Å²) in [5.74, 6) is -2.05. The molecular formula is C25H19F5N6O4. The van der Waals surface area contributed by atoms with Gasteiger partial charge >= 0.3 is 12.8 Å². The summed E-state index contributed by atoms with van der Waals surface area (Å²) in [6, 6.07) is 7.83. The van der Waals surface area contributed by atoms with Crippen molar-refractivity contribution >= 4 is 16.8 Å². The first kappa shape index (κ1) is 26.9. The Morgan fingerprint density at radius 3 is 2.45 bits per heavy atom. The molecule has 1 aliphatic heterocycles. The fourth-order valence-corrected chi connectivity index (χ4v) is 4.68. The summed E-state index contributed by atoms with van der Waals surface area (Å²) >= 11 is 0. The van der Waals surface area contributed by atoms with Gasteiger partial charge in [-0.3, -0.25) is 14.6 Å². The van der Waals surface area contributed by atoms with Crippen molar-refractivity contribution in [1.82, 2.24) is 24.9 Å². The van der Waals surface area contributed by atoms with Gasteiger partial charge in [0.15, 0.2) is 5.60 Å². The molecule has 1 amide bonds. The molecule has 5 rings (SSSR count). The van der Waals surface area contributed by atoms with E-state index in [0.29, 0.717) is 32.6 Å². The summed E-state index contributed by atoms with van der Waals surface area (Å²) in [6.45, 7) is -5.58. The maximum Gasteiger partial charge on any atom is 0.420 e. The molecule has 40 heavy (non-hydrogen) atoms. The lowest BCUT2D eigenvalue weighted by atomic mass is 9.92. The predicted octanol–water partition coefficient (Wildman–Crippen LogP) is 3.86. The number of aliphatic hydroxyl groups is 1. The van der Waals surface area contributed by atoms with Crippen LogP contribution in [0.15, 0.2) is 36.7 Å². The number of likely N-dealkylation sites (tertiary alicyclic amines) is 1. The van der Waals surface area contributed by atoms with Crippen LogP contribution >= 0.6 is 0 Å². The molecule has 1 fully saturated rings. The number of carbonyl (C=O) groups is 1. The Kier molecular flexibility index (Phi) is 6.38. The van der Waals surface area contributed by atoms with E-state index in [1.54, 1.807) is 31.6 Å². The van der Waals surface area contributed by atoms with Gasteiger partial charge in [-0.2, -0.15) is 37.4 Å². The van der Waals surface area contributed by atoms with E-state index >= 15 is 0 Å². The Balaban J connectivity index is 1.64. The van der Waals surface area contributed by atoms with Crippen molar-refractivity contribution in [3.63, 3.8) is 0 Å². The standard InChI is InChI=1S/C25H19F5N6O4/c1-35-21(19-14(7-31)3-12(4-16(19)34-35)15-8-32-33-9-15)13-5-17(39-2)20(18(6-13)40-23(26)27)22(37)36-10-24(38,11-36)25(28,29)30/h3-6,8-9,23,38H,10-11H2,1-2H3,(H,32,33). The highest BCUT2D eigenvalue weighted by atomic mass is 19.4. The SMILES string of the molecule is COc1cc(-c2c3c(C#N)cc(-c4cn[nH]c4)cc3nn2C)cc(OC(F)F)c1C(=O)N1CC(O)(C(F)(F)F)C1. The number of aryl methyl sites for hydroxylation is 1. The van der Waals surface area contributed by atoms with Gasteiger partial charge in [0.2, 0.25) is 0 Å². The smallest absolute Gasteiger partial charge is 0.420 e. The number of hydrogen-bond acceptors (Lipinski definition) is 7. The normalized spacial score (nSPS) is 14.8. The van der Waals surface area contributed by atoms with Gasteiger partial charge in [0.05, 0.1) is 49.2 Å². The number of methoxy groups -OCH3 is 1. The Morgan fingerprint density at radius 2 is 1.88 bits per heavy atom. The number of hydrogen-bond donors (Lipinski definition) is 2. The second kappa shape index (κ2) is 9.49. The van der Waals surface area contributed by atoms with Gasteiger partial charge in [0.25, 0.3) is 5.91 Å². The van der Waals surface area contributed by atoms with E-state index < -0.39 is 48.7 Å². The molecule has 0 unspecified atom stereocenters. The number of fused-ring (bicyclic) bond motifs is 1. The number of alkyl halides is 5. The fraction of sp³-hybridized carbons (Fsp3) is 0.280. The zero-order valence-electron chi connectivity index (χ0n) is 20.8. The molecule has 3 heterocycles. The van der Waals surface area contributed by atoms with Gasteiger partial charge in [0, 0.05) is 29.8 Å². The van der Waals surface area contributed by atoms with Crippen LogP contribution in [0, 0.1) is 11.3 Å². The number of nitrogens with one attached hydrogen (secondary N) is 1. The van der Waals surface area contributed by atoms with E-state index in [1.807, 2.05) is 0 Å². The third-order valence-corrected chi connectivity index (χ3v) is 6.60. The summed E-state index contributed by atoms with van der Waals surface area (Å²) < 4.78 is 77.4. The maximum absolute atomic E-state index is 13.4. The number of nitriles is 1. The number of aromatic nitrogens is 4. The molecule has 10 nitrogen and oxygen atoms in total. The van der Waals surface area contributed by atoms with Crippen molar-refractivity contribution in [3.05, 3.63) is 47.8 Å². The molecular weight excluding hydrogens is 543 g/mol. The first-order valence-electron chi connectivity index (χ1n) is 11.5. The number of ether oxygens (including phenoxy) is 2. The zero-order valence-corrected chi connectivity index (χ0v) is 20.8. The molecule has 2 N–H and O–H groups in total. The minimum absolute atomic E-state index is 0.178. The Hall–Kier alpha value is -4.71. The number of benzene rings is 2. The number of β-amino-alcohol motifs (C(OH)–C–C–N with tert-alkyl or cyclic N) is 1. The number of aromatic amines is 1. The largest absolute Gasteiger partial charge is 0.496 e. The van der Waals surface area contributed by atoms with Crippen LogP contribution < -0.4 is 9.47 Å². The molecule has 0 aliphatic carbocycles. The van der Waals surface area contributed by atoms with E-state index in [9.17, 15) is 37.1 Å². The molecule has 4 aromatic rings. The summed E-state index contributed by atoms with van der Waals surface area (Å²) in [6.07, 6.45) is -1.79. The number of nitrogens with zero attached hydrogens (tertiary/aromatic N) is 5. The molecule has 2 aromatic heterocycles. The molecule has 0 spiro atoms. The van der Waals surface area contributed by atoms with Crippen molar-refractivity contribution in [3.8, 4) is 40.0 Å². The topological polar surface area (TPSA) is 129 Å². The van der Waals surface area contributed by atoms with Crippen LogP contribution in [0.4, 0.5) is 22.0 Å². The van der Waals surface area contributed by atoms with Crippen LogP contribution in [0.3, 0.4) is 0 Å². The highest BCUT2D eigenvalue weighted by molar-refractivity contribution is 6.04. The van der Waals surface area contributed by atoms with Crippen LogP contribution in [-0.2, 0) is 7.05 Å². The fourth-order valence-electron chi connectivity index (χ4n) is 4.68. The Morgan fingerprint density at radius 1 is 1.18 bits per heavy atom. The van der Waals surface area contributed by atoms with E-state index in [0.717, 1.165) is 13.2 Å². The second-order valence-corrected chi connectivity index (χ2v) is 9.11. The molecule has 208 valence electrons. The van der Waals surface area contributed by atoms with Crippen molar-refractivity contribution in [1.29, 1.82) is 5.26 Å². The van der Waals surface area contributed by atoms with Crippen molar-refractivity contribution in [2.75, 3.05) is 20.2 Å². The average Bonchev–Trinajstić information content (AvgIpc) is 3.51. The van der Waals surface area contributed by atoms with Gasteiger partial charge in [-0.1, -0.05) is 0 Å². The molecule has 0 bridgehead atoms. The molecule has 15 heteroatoms. The van der Waals surface area contributed by atoms with Gasteiger partial charge in [-0.15, -0.1) is 0 Å². The molecule has 0 radical (unpaired) electrons. The van der Waals surface area contributed by atoms with E-state index in [4.69, 9.17) is 4.74 Å². The first-order chi connectivity index (χ1) is 18.9. The lowest BCUT2D eigenvalue weighted by Crippen LogP contribution is -2.70. The number of amides is 1. The van der Waals surface area contributed by atoms with Gasteiger partial charge in [-0.25, -0.2) is 0 Å². The summed E-state index contributed by atoms with van der Waals surface area (Å²) in [4.78, 5) is 13.8. The molecule has 2 aromatic carbocycles. The molecule has 0 atom stereocenters. The van der Waals surface area contributed by atoms with E-state index in [1.165, 1.54) is 10.7 Å². The quantitative estimate of drug-likeness (QED) is 0.342. The Labute approximate surface area is 222 Å². The number of rotatable bonds is 6. The summed E-state index contributed by atoms with van der Waals surface area (Å²) in [5.41, 5.74) is -1.23. The highest BCUT2D eigenvalue weighted by Gasteiger charge is 2.62. The molecule has 0 saturated carbocycles. The Bertz CT molecular complexity index is 1650. The first-order valence-corrected chi connectivity index (χ1v) is 11.5. The van der Waals surface area contributed by atoms with Gasteiger partial charge in [0.1, 0.15) is 17.1 Å². The minimum Gasteiger partial charge on any atom is -0.496 e. The minimum atomic E-state index is -4.99. The molecule has 1 saturated heterocycles. The van der Waals surface area contributed by atoms with Crippen molar-refractivity contribution in [2.45, 2.75) is 18.4 Å². The number of H-pyrrole nitrogens is 1. The predicted molar refractivity (Wildman–Crippen MR) is 129 cm³/mol. The monoisotopic (exact) mass is 562 g/mol. The highest BCUT2D eigenvalue weighted by Crippen LogP contribution is 2.43. The lowest BCUT2D eigenvalue weighted by molar-refractivity contribution is -0.294. The van der Waals surface area contributed by atoms with Crippen LogP contribution in [0.2, 0.25) is 0 Å². The van der Waals surface area contributed by atoms with Crippen molar-refractivity contribution < 1.29 is 41.3 Å². The van der Waals surface area contributed by atoms with E-state index in [2.05, 4.69) is 26.1 Å². The third kappa shape index (κ3) is 4.35. The van der Waals surface area contributed by atoms with Gasteiger partial charge in [-0.05, 0) is 29.8 Å². The zero-order chi connectivity index (χ0) is 29.0. The number of carbonyl (C=O) groups excluding carboxylic acids is 1. The van der Waals surface area contributed by atoms with Crippen molar-refractivity contribution in [2.24, 2.45) is 7.05 Å². The molecule has 1 aliphatic rings. The summed E-state index contributed by atoms with van der Waals surface area (Å²) in [5, 5.41) is 31.1. The second-order valence-electron chi connectivity index (χ2n) is 9.11. The van der Waals surface area contributed by atoms with Crippen LogP contribution in [0.1, 0.15) is 15.9 Å². The summed E-state index contributed by atoms with van der Waals surface area (Å²) in [7, 11) is 2.70. The van der Waals surface area contributed by atoms with Crippen LogP contribution in [0.25, 0.3) is 33.3 Å². The average molecular weight is 562 g/mol. The van der Waals surface area contributed by atoms with Crippen LogP contribution in [0.5, 0.6) is 11.5 Å². The van der Waals surface area contributed by atoms with Crippen LogP contribution in [-0.4, -0.2) is 74.5 Å². The third-order valence-electron chi connectivity index (χ3n) is 6.60. The van der Waals surface area contributed by atoms with Gasteiger partial charge < -0.3 is 19.5 Å². The number of halogens is 5. The lowest BCUT2D eigenvalue weighted by Gasteiger charge is -2.47. The van der Waals surface area contributed by atoms with E-state index in [-0.39, 0.29) is 16.9 Å².